The number of hydrogen-bond donors (Lipinski definition) is 2. The Hall–Kier alpha value is -0.390. The molecule has 0 spiro atoms. The normalized spacial score (nSPS) is 45.5. The second kappa shape index (κ2) is 2.10. The van der Waals surface area contributed by atoms with E-state index in [4.69, 9.17) is 4.55 Å². The quantitative estimate of drug-likeness (QED) is 0.456. The van der Waals surface area contributed by atoms with E-state index in [1.54, 1.807) is 0 Å². The topological polar surface area (TPSA) is 74.6 Å². The molecule has 5 heteroatoms. The maximum absolute atomic E-state index is 10.8. The Morgan fingerprint density at radius 3 is 2.67 bits per heavy atom. The van der Waals surface area contributed by atoms with Gasteiger partial charge in [-0.05, 0) is 18.8 Å². The first-order chi connectivity index (χ1) is 5.45. The summed E-state index contributed by atoms with van der Waals surface area (Å²) in [6, 6.07) is 0. The fourth-order valence-electron chi connectivity index (χ4n) is 2.06. The Morgan fingerprint density at radius 2 is 2.17 bits per heavy atom. The summed E-state index contributed by atoms with van der Waals surface area (Å²) >= 11 is 0. The van der Waals surface area contributed by atoms with Crippen molar-refractivity contribution < 1.29 is 18.1 Å². The molecule has 0 aromatic heterocycles. The molecule has 4 nitrogen and oxygen atoms in total. The minimum atomic E-state index is -4.30. The molecule has 2 unspecified atom stereocenters. The van der Waals surface area contributed by atoms with Crippen molar-refractivity contribution in [1.82, 2.24) is 0 Å². The average molecular weight is 190 g/mol. The van der Waals surface area contributed by atoms with E-state index in [1.807, 2.05) is 12.2 Å². The van der Waals surface area contributed by atoms with Gasteiger partial charge in [-0.25, -0.2) is 0 Å². The van der Waals surface area contributed by atoms with Gasteiger partial charge in [0, 0.05) is 5.92 Å². The minimum absolute atomic E-state index is 0.132. The van der Waals surface area contributed by atoms with Gasteiger partial charge in [-0.2, -0.15) is 8.42 Å². The Balaban J connectivity index is 2.29. The van der Waals surface area contributed by atoms with Gasteiger partial charge >= 0.3 is 0 Å². The molecule has 0 heterocycles. The van der Waals surface area contributed by atoms with Crippen molar-refractivity contribution in [2.24, 2.45) is 11.8 Å². The fourth-order valence-corrected chi connectivity index (χ4v) is 3.12. The summed E-state index contributed by atoms with van der Waals surface area (Å²) < 4.78 is 30.2. The predicted octanol–water partition coefficient (Wildman–Crippen LogP) is 0.159. The molecule has 2 aliphatic carbocycles. The monoisotopic (exact) mass is 190 g/mol. The van der Waals surface area contributed by atoms with Crippen LogP contribution in [0.25, 0.3) is 0 Å². The van der Waals surface area contributed by atoms with Crippen LogP contribution in [0.1, 0.15) is 12.8 Å². The van der Waals surface area contributed by atoms with E-state index in [2.05, 4.69) is 0 Å². The molecule has 0 aromatic rings. The maximum atomic E-state index is 10.8. The van der Waals surface area contributed by atoms with E-state index in [0.29, 0.717) is 6.42 Å². The molecule has 0 radical (unpaired) electrons. The van der Waals surface area contributed by atoms with Crippen LogP contribution >= 0.6 is 0 Å². The summed E-state index contributed by atoms with van der Waals surface area (Å²) in [5.74, 6) is -0.190. The Bertz CT molecular complexity index is 331. The van der Waals surface area contributed by atoms with E-state index in [-0.39, 0.29) is 18.3 Å². The largest absolute Gasteiger partial charge is 0.372 e. The SMILES string of the molecule is O=S(=O)(O)[C@]1(O)CC2C=CCC21. The van der Waals surface area contributed by atoms with Gasteiger partial charge in [-0.1, -0.05) is 12.2 Å². The van der Waals surface area contributed by atoms with Gasteiger partial charge in [-0.15, -0.1) is 0 Å². The molecule has 1 fully saturated rings. The molecule has 0 amide bonds. The van der Waals surface area contributed by atoms with Crippen LogP contribution in [-0.4, -0.2) is 23.0 Å². The Kier molecular flexibility index (Phi) is 1.44. The third kappa shape index (κ3) is 0.813. The Morgan fingerprint density at radius 1 is 1.50 bits per heavy atom. The zero-order valence-electron chi connectivity index (χ0n) is 6.34. The number of hydrogen-bond acceptors (Lipinski definition) is 3. The van der Waals surface area contributed by atoms with E-state index in [1.165, 1.54) is 0 Å². The maximum Gasteiger partial charge on any atom is 0.295 e. The van der Waals surface area contributed by atoms with Crippen molar-refractivity contribution in [3.8, 4) is 0 Å². The fraction of sp³-hybridized carbons (Fsp3) is 0.714. The second-order valence-electron chi connectivity index (χ2n) is 3.46. The zero-order chi connectivity index (χ0) is 8.98. The summed E-state index contributed by atoms with van der Waals surface area (Å²) in [6.45, 7) is 0. The van der Waals surface area contributed by atoms with Gasteiger partial charge in [0.25, 0.3) is 10.1 Å². The zero-order valence-corrected chi connectivity index (χ0v) is 7.16. The molecule has 3 atom stereocenters. The van der Waals surface area contributed by atoms with Crippen molar-refractivity contribution in [3.63, 3.8) is 0 Å². The van der Waals surface area contributed by atoms with Crippen molar-refractivity contribution in [2.75, 3.05) is 0 Å². The predicted molar refractivity (Wildman–Crippen MR) is 41.9 cm³/mol. The van der Waals surface area contributed by atoms with Crippen LogP contribution in [0, 0.1) is 11.8 Å². The number of aliphatic hydroxyl groups is 1. The highest BCUT2D eigenvalue weighted by Gasteiger charge is 2.60. The molecule has 2 rings (SSSR count). The lowest BCUT2D eigenvalue weighted by molar-refractivity contribution is -0.0512. The van der Waals surface area contributed by atoms with Crippen molar-refractivity contribution in [2.45, 2.75) is 17.8 Å². The summed E-state index contributed by atoms with van der Waals surface area (Å²) in [6.07, 6.45) is 4.41. The van der Waals surface area contributed by atoms with Gasteiger partial charge in [0.15, 0.2) is 4.93 Å². The van der Waals surface area contributed by atoms with Crippen LogP contribution in [-0.2, 0) is 10.1 Å². The van der Waals surface area contributed by atoms with Crippen molar-refractivity contribution in [3.05, 3.63) is 12.2 Å². The average Bonchev–Trinajstić information content (AvgIpc) is 2.27. The van der Waals surface area contributed by atoms with Gasteiger partial charge in [0.1, 0.15) is 0 Å². The van der Waals surface area contributed by atoms with Crippen LogP contribution in [0.5, 0.6) is 0 Å². The van der Waals surface area contributed by atoms with Crippen LogP contribution < -0.4 is 0 Å². The van der Waals surface area contributed by atoms with Crippen molar-refractivity contribution >= 4 is 10.1 Å². The first kappa shape index (κ1) is 8.22. The second-order valence-corrected chi connectivity index (χ2v) is 5.12. The summed E-state index contributed by atoms with van der Waals surface area (Å²) in [4.78, 5) is -1.87. The van der Waals surface area contributed by atoms with Gasteiger partial charge in [0.05, 0.1) is 0 Å². The molecule has 12 heavy (non-hydrogen) atoms. The molecule has 68 valence electrons. The lowest BCUT2D eigenvalue weighted by Crippen LogP contribution is -2.56. The molecule has 0 saturated heterocycles. The first-order valence-electron chi connectivity index (χ1n) is 3.81. The molecule has 2 N–H and O–H groups in total. The van der Waals surface area contributed by atoms with E-state index < -0.39 is 15.1 Å². The molecule has 0 bridgehead atoms. The van der Waals surface area contributed by atoms with E-state index >= 15 is 0 Å². The summed E-state index contributed by atoms with van der Waals surface area (Å²) in [7, 11) is -4.30. The van der Waals surface area contributed by atoms with Crippen molar-refractivity contribution in [1.29, 1.82) is 0 Å². The van der Waals surface area contributed by atoms with Gasteiger partial charge in [-0.3, -0.25) is 4.55 Å². The summed E-state index contributed by atoms with van der Waals surface area (Å²) in [5, 5.41) is 9.54. The Labute approximate surface area is 70.7 Å². The minimum Gasteiger partial charge on any atom is -0.372 e. The smallest absolute Gasteiger partial charge is 0.295 e. The van der Waals surface area contributed by atoms with Crippen LogP contribution in [0.3, 0.4) is 0 Å². The third-order valence-corrected chi connectivity index (χ3v) is 4.21. The van der Waals surface area contributed by atoms with Crippen LogP contribution in [0.15, 0.2) is 12.2 Å². The number of rotatable bonds is 1. The third-order valence-electron chi connectivity index (χ3n) is 2.84. The van der Waals surface area contributed by atoms with Gasteiger partial charge in [0.2, 0.25) is 0 Å². The molecule has 0 aromatic carbocycles. The highest BCUT2D eigenvalue weighted by molar-refractivity contribution is 7.87. The van der Waals surface area contributed by atoms with E-state index in [9.17, 15) is 13.5 Å². The molecule has 1 saturated carbocycles. The number of fused-ring (bicyclic) bond motifs is 1. The lowest BCUT2D eigenvalue weighted by atomic mass is 9.72. The number of allylic oxidation sites excluding steroid dienone is 2. The highest BCUT2D eigenvalue weighted by Crippen LogP contribution is 2.52. The van der Waals surface area contributed by atoms with Crippen LogP contribution in [0.2, 0.25) is 0 Å². The molecule has 2 aliphatic rings. The standard InChI is InChI=1S/C7H10O4S/c8-7(12(9,10)11)4-5-2-1-3-6(5)7/h1-2,5-6,8H,3-4H2,(H,9,10,11)/t5?,6?,7-/m1/s1. The summed E-state index contributed by atoms with van der Waals surface area (Å²) in [5.41, 5.74) is 0. The van der Waals surface area contributed by atoms with Gasteiger partial charge < -0.3 is 5.11 Å². The lowest BCUT2D eigenvalue weighted by Gasteiger charge is -2.45. The molecule has 0 aliphatic heterocycles. The van der Waals surface area contributed by atoms with E-state index in [0.717, 1.165) is 0 Å². The highest BCUT2D eigenvalue weighted by atomic mass is 32.2. The molecular weight excluding hydrogens is 180 g/mol. The van der Waals surface area contributed by atoms with Crippen LogP contribution in [0.4, 0.5) is 0 Å². The first-order valence-corrected chi connectivity index (χ1v) is 5.25. The molecular formula is C7H10O4S.